The van der Waals surface area contributed by atoms with Crippen molar-refractivity contribution in [1.82, 2.24) is 0 Å². The van der Waals surface area contributed by atoms with E-state index in [1.165, 1.54) is 19.3 Å². The van der Waals surface area contributed by atoms with Crippen molar-refractivity contribution >= 4 is 0 Å². The predicted molar refractivity (Wildman–Crippen MR) is 79.9 cm³/mol. The molecule has 4 aliphatic carbocycles. The summed E-state index contributed by atoms with van der Waals surface area (Å²) < 4.78 is 13.5. The molecule has 0 heterocycles. The Bertz CT molecular complexity index is 397. The number of fused-ring (bicyclic) bond motifs is 2. The van der Waals surface area contributed by atoms with Crippen LogP contribution in [-0.4, -0.2) is 12.2 Å². The Morgan fingerprint density at radius 3 is 2.75 bits per heavy atom. The summed E-state index contributed by atoms with van der Waals surface area (Å²) in [5.41, 5.74) is 6.91. The van der Waals surface area contributed by atoms with Crippen molar-refractivity contribution in [3.05, 3.63) is 0 Å². The van der Waals surface area contributed by atoms with Gasteiger partial charge in [0.1, 0.15) is 6.17 Å². The minimum absolute atomic E-state index is 0.440. The maximum Gasteiger partial charge on any atom is 0.100 e. The van der Waals surface area contributed by atoms with Crippen molar-refractivity contribution < 1.29 is 4.39 Å². The fraction of sp³-hybridized carbons (Fsp3) is 1.00. The van der Waals surface area contributed by atoms with Crippen LogP contribution in [0.15, 0.2) is 0 Å². The zero-order chi connectivity index (χ0) is 14.1. The Hall–Kier alpha value is -0.110. The quantitative estimate of drug-likeness (QED) is 0.755. The van der Waals surface area contributed by atoms with Gasteiger partial charge in [-0.25, -0.2) is 4.39 Å². The molecule has 0 radical (unpaired) electrons. The van der Waals surface area contributed by atoms with Gasteiger partial charge in [-0.3, -0.25) is 0 Å². The molecule has 0 aromatic heterocycles. The van der Waals surface area contributed by atoms with Gasteiger partial charge in [0.25, 0.3) is 0 Å². The Morgan fingerprint density at radius 1 is 1.15 bits per heavy atom. The smallest absolute Gasteiger partial charge is 0.100 e. The molecule has 1 nitrogen and oxygen atoms in total. The molecule has 4 fully saturated rings. The van der Waals surface area contributed by atoms with Crippen molar-refractivity contribution in [1.29, 1.82) is 0 Å². The Labute approximate surface area is 122 Å². The number of alkyl halides is 1. The summed E-state index contributed by atoms with van der Waals surface area (Å²) in [4.78, 5) is 0. The Kier molecular flexibility index (Phi) is 3.01. The largest absolute Gasteiger partial charge is 0.327 e. The van der Waals surface area contributed by atoms with Gasteiger partial charge >= 0.3 is 0 Å². The highest BCUT2D eigenvalue weighted by Crippen LogP contribution is 2.75. The number of halogens is 1. The second kappa shape index (κ2) is 4.44. The molecule has 0 aromatic rings. The lowest BCUT2D eigenvalue weighted by atomic mass is 9.72. The maximum atomic E-state index is 13.5. The van der Waals surface area contributed by atoms with E-state index in [4.69, 9.17) is 5.73 Å². The van der Waals surface area contributed by atoms with E-state index in [0.717, 1.165) is 61.2 Å². The summed E-state index contributed by atoms with van der Waals surface area (Å²) in [6.45, 7) is 4.89. The van der Waals surface area contributed by atoms with Gasteiger partial charge in [0, 0.05) is 6.04 Å². The van der Waals surface area contributed by atoms with Crippen molar-refractivity contribution in [2.24, 2.45) is 46.7 Å². The zero-order valence-electron chi connectivity index (χ0n) is 13.0. The number of hydrogen-bond donors (Lipinski definition) is 1. The summed E-state index contributed by atoms with van der Waals surface area (Å²) in [6, 6.07) is 0.454. The molecule has 0 aromatic carbocycles. The van der Waals surface area contributed by atoms with Crippen molar-refractivity contribution in [3.8, 4) is 0 Å². The third-order valence-electron chi connectivity index (χ3n) is 7.86. The van der Waals surface area contributed by atoms with E-state index in [9.17, 15) is 4.39 Å². The number of hydrogen-bond acceptors (Lipinski definition) is 1. The Morgan fingerprint density at radius 2 is 1.95 bits per heavy atom. The first-order chi connectivity index (χ1) is 9.53. The third-order valence-corrected chi connectivity index (χ3v) is 7.86. The third kappa shape index (κ3) is 1.82. The van der Waals surface area contributed by atoms with Gasteiger partial charge < -0.3 is 5.73 Å². The van der Waals surface area contributed by atoms with E-state index in [1.54, 1.807) is 0 Å². The number of rotatable bonds is 2. The van der Waals surface area contributed by atoms with E-state index in [2.05, 4.69) is 13.8 Å². The highest BCUT2D eigenvalue weighted by Gasteiger charge is 2.74. The van der Waals surface area contributed by atoms with Crippen LogP contribution in [0, 0.1) is 40.9 Å². The molecule has 20 heavy (non-hydrogen) atoms. The molecule has 2 N–H and O–H groups in total. The molecule has 2 heteroatoms. The normalized spacial score (nSPS) is 61.2. The van der Waals surface area contributed by atoms with Gasteiger partial charge in [-0.05, 0) is 73.0 Å². The monoisotopic (exact) mass is 279 g/mol. The second-order valence-electron chi connectivity index (χ2n) is 8.64. The van der Waals surface area contributed by atoms with Gasteiger partial charge in [0.05, 0.1) is 0 Å². The molecule has 0 aliphatic heterocycles. The van der Waals surface area contributed by atoms with Crippen molar-refractivity contribution in [3.63, 3.8) is 0 Å². The molecule has 0 bridgehead atoms. The summed E-state index contributed by atoms with van der Waals surface area (Å²) in [5.74, 6) is 5.22. The minimum atomic E-state index is -0.520. The molecule has 4 rings (SSSR count). The highest BCUT2D eigenvalue weighted by atomic mass is 19.1. The van der Waals surface area contributed by atoms with Gasteiger partial charge in [0.2, 0.25) is 0 Å². The first kappa shape index (κ1) is 13.5. The SMILES string of the molecule is C[C@@H]1[C@@H]2C[C@@H]2C(C[C@H]2CCCC(F)CC2)[C@@H]2[C@H](N)[C@@]12C. The van der Waals surface area contributed by atoms with Crippen LogP contribution >= 0.6 is 0 Å². The van der Waals surface area contributed by atoms with Crippen LogP contribution in [0.5, 0.6) is 0 Å². The Balaban J connectivity index is 1.44. The van der Waals surface area contributed by atoms with Gasteiger partial charge in [-0.1, -0.05) is 26.7 Å². The summed E-state index contributed by atoms with van der Waals surface area (Å²) in [7, 11) is 0. The fourth-order valence-corrected chi connectivity index (χ4v) is 6.24. The van der Waals surface area contributed by atoms with Crippen LogP contribution in [0.2, 0.25) is 0 Å². The molecule has 4 saturated carbocycles. The first-order valence-corrected chi connectivity index (χ1v) is 8.93. The van der Waals surface area contributed by atoms with E-state index in [-0.39, 0.29) is 0 Å². The predicted octanol–water partition coefficient (Wildman–Crippen LogP) is 4.16. The lowest BCUT2D eigenvalue weighted by molar-refractivity contribution is 0.154. The second-order valence-corrected chi connectivity index (χ2v) is 8.64. The zero-order valence-corrected chi connectivity index (χ0v) is 13.0. The van der Waals surface area contributed by atoms with Crippen LogP contribution in [0.3, 0.4) is 0 Å². The van der Waals surface area contributed by atoms with Gasteiger partial charge in [0.15, 0.2) is 0 Å². The van der Waals surface area contributed by atoms with Gasteiger partial charge in [-0.15, -0.1) is 0 Å². The summed E-state index contributed by atoms with van der Waals surface area (Å²) in [5, 5.41) is 0. The van der Waals surface area contributed by atoms with Crippen LogP contribution in [-0.2, 0) is 0 Å². The standard InChI is InChI=1S/C18H30FN/c1-10-13-9-14(13)15(16-17(20)18(10,16)2)8-11-4-3-5-12(19)7-6-11/h10-17H,3-9,20H2,1-2H3/t10-,11+,12?,13+,14+,15?,16-,17+,18+/m1/s1. The van der Waals surface area contributed by atoms with Crippen molar-refractivity contribution in [2.75, 3.05) is 0 Å². The van der Waals surface area contributed by atoms with E-state index in [0.29, 0.717) is 11.5 Å². The molecular formula is C18H30FN. The van der Waals surface area contributed by atoms with Crippen LogP contribution in [0.1, 0.15) is 58.8 Å². The molecule has 0 saturated heterocycles. The summed E-state index contributed by atoms with van der Waals surface area (Å²) >= 11 is 0. The highest BCUT2D eigenvalue weighted by molar-refractivity contribution is 5.24. The molecule has 114 valence electrons. The average molecular weight is 279 g/mol. The molecule has 9 atom stereocenters. The lowest BCUT2D eigenvalue weighted by Crippen LogP contribution is -2.27. The first-order valence-electron chi connectivity index (χ1n) is 8.93. The molecule has 4 aliphatic rings. The van der Waals surface area contributed by atoms with E-state index < -0.39 is 6.17 Å². The fourth-order valence-electron chi connectivity index (χ4n) is 6.24. The molecule has 0 amide bonds. The van der Waals surface area contributed by atoms with E-state index >= 15 is 0 Å². The topological polar surface area (TPSA) is 26.0 Å². The molecule has 2 unspecified atom stereocenters. The van der Waals surface area contributed by atoms with Crippen LogP contribution < -0.4 is 5.73 Å². The lowest BCUT2D eigenvalue weighted by Gasteiger charge is -2.32. The minimum Gasteiger partial charge on any atom is -0.327 e. The summed E-state index contributed by atoms with van der Waals surface area (Å²) in [6.07, 6.45) is 7.43. The number of nitrogens with two attached hydrogens (primary N) is 1. The molecule has 0 spiro atoms. The average Bonchev–Trinajstić information content (AvgIpc) is 3.29. The van der Waals surface area contributed by atoms with Gasteiger partial charge in [-0.2, -0.15) is 0 Å². The van der Waals surface area contributed by atoms with Crippen LogP contribution in [0.25, 0.3) is 0 Å². The van der Waals surface area contributed by atoms with E-state index in [1.807, 2.05) is 0 Å². The van der Waals surface area contributed by atoms with Crippen LogP contribution in [0.4, 0.5) is 4.39 Å². The molecular weight excluding hydrogens is 249 g/mol. The maximum absolute atomic E-state index is 13.5. The van der Waals surface area contributed by atoms with Crippen molar-refractivity contribution in [2.45, 2.75) is 71.0 Å².